The van der Waals surface area contributed by atoms with E-state index in [1.54, 1.807) is 11.3 Å². The summed E-state index contributed by atoms with van der Waals surface area (Å²) in [4.78, 5) is 4.79. The molecule has 3 heteroatoms. The van der Waals surface area contributed by atoms with Crippen LogP contribution in [0.4, 0.5) is 0 Å². The van der Waals surface area contributed by atoms with Crippen molar-refractivity contribution in [1.82, 2.24) is 4.98 Å². The highest BCUT2D eigenvalue weighted by molar-refractivity contribution is 7.13. The molecule has 0 aliphatic heterocycles. The smallest absolute Gasteiger partial charge is 0.134 e. The van der Waals surface area contributed by atoms with Gasteiger partial charge in [-0.3, -0.25) is 0 Å². The van der Waals surface area contributed by atoms with Gasteiger partial charge in [-0.05, 0) is 13.0 Å². The second-order valence-electron chi connectivity index (χ2n) is 4.93. The summed E-state index contributed by atoms with van der Waals surface area (Å²) < 4.78 is 5.83. The van der Waals surface area contributed by atoms with Crippen molar-refractivity contribution in [3.8, 4) is 21.8 Å². The van der Waals surface area contributed by atoms with Gasteiger partial charge >= 0.3 is 0 Å². The zero-order valence-electron chi connectivity index (χ0n) is 11.5. The topological polar surface area (TPSA) is 26.0 Å². The van der Waals surface area contributed by atoms with Crippen molar-refractivity contribution in [2.45, 2.75) is 6.92 Å². The molecule has 0 saturated heterocycles. The number of aryl methyl sites for hydroxylation is 1. The van der Waals surface area contributed by atoms with E-state index in [1.165, 1.54) is 0 Å². The minimum atomic E-state index is 0.916. The zero-order valence-corrected chi connectivity index (χ0v) is 12.4. The van der Waals surface area contributed by atoms with E-state index in [1.807, 2.05) is 43.3 Å². The van der Waals surface area contributed by atoms with Crippen molar-refractivity contribution in [2.75, 3.05) is 0 Å². The molecule has 0 aliphatic carbocycles. The number of aromatic nitrogens is 1. The lowest BCUT2D eigenvalue weighted by Gasteiger charge is -1.96. The van der Waals surface area contributed by atoms with Crippen molar-refractivity contribution >= 4 is 22.3 Å². The minimum Gasteiger partial charge on any atom is -0.461 e. The Bertz CT molecular complexity index is 905. The zero-order chi connectivity index (χ0) is 14.2. The Kier molecular flexibility index (Phi) is 2.86. The molecule has 2 heterocycles. The average Bonchev–Trinajstić information content (AvgIpc) is 3.11. The molecule has 0 bridgehead atoms. The number of hydrogen-bond acceptors (Lipinski definition) is 3. The van der Waals surface area contributed by atoms with E-state index in [2.05, 4.69) is 23.6 Å². The van der Waals surface area contributed by atoms with E-state index in [4.69, 9.17) is 9.40 Å². The van der Waals surface area contributed by atoms with Crippen LogP contribution in [0.2, 0.25) is 0 Å². The molecular weight excluding hydrogens is 278 g/mol. The molecular formula is C18H13NOS. The third-order valence-corrected chi connectivity index (χ3v) is 4.44. The van der Waals surface area contributed by atoms with Gasteiger partial charge in [0.15, 0.2) is 0 Å². The molecule has 0 atom stereocenters. The fourth-order valence-electron chi connectivity index (χ4n) is 2.59. The summed E-state index contributed by atoms with van der Waals surface area (Å²) in [5, 5.41) is 4.27. The Morgan fingerprint density at radius 1 is 0.952 bits per heavy atom. The molecule has 0 spiro atoms. The number of benzene rings is 2. The summed E-state index contributed by atoms with van der Waals surface area (Å²) in [6, 6.07) is 18.4. The molecule has 0 amide bonds. The number of nitrogens with zero attached hydrogens (tertiary/aromatic N) is 1. The number of fused-ring (bicyclic) bond motifs is 1. The Morgan fingerprint density at radius 3 is 2.57 bits per heavy atom. The predicted octanol–water partition coefficient (Wildman–Crippen LogP) is 5.53. The van der Waals surface area contributed by atoms with Crippen LogP contribution < -0.4 is 0 Å². The first-order chi connectivity index (χ1) is 10.3. The fourth-order valence-corrected chi connectivity index (χ4v) is 3.41. The van der Waals surface area contributed by atoms with E-state index in [9.17, 15) is 0 Å². The number of furan rings is 1. The molecule has 4 aromatic rings. The summed E-state index contributed by atoms with van der Waals surface area (Å²) in [6.07, 6.45) is 0. The summed E-state index contributed by atoms with van der Waals surface area (Å²) in [5.41, 5.74) is 4.16. The standard InChI is InChI=1S/C18H13NOS/c1-12-17(14-9-5-6-10-16(14)20-12)15-11-21-18(19-15)13-7-3-2-4-8-13/h2-11H,1H3. The number of hydrogen-bond donors (Lipinski definition) is 0. The monoisotopic (exact) mass is 291 g/mol. The normalized spacial score (nSPS) is 11.1. The lowest BCUT2D eigenvalue weighted by atomic mass is 10.1. The quantitative estimate of drug-likeness (QED) is 0.485. The average molecular weight is 291 g/mol. The van der Waals surface area contributed by atoms with Crippen LogP contribution in [0.3, 0.4) is 0 Å². The highest BCUT2D eigenvalue weighted by atomic mass is 32.1. The van der Waals surface area contributed by atoms with Crippen LogP contribution in [0.5, 0.6) is 0 Å². The van der Waals surface area contributed by atoms with Crippen LogP contribution in [0.15, 0.2) is 64.4 Å². The molecule has 0 saturated carbocycles. The summed E-state index contributed by atoms with van der Waals surface area (Å²) in [5.74, 6) is 0.918. The molecule has 102 valence electrons. The third kappa shape index (κ3) is 2.06. The maximum absolute atomic E-state index is 5.83. The van der Waals surface area contributed by atoms with E-state index >= 15 is 0 Å². The first-order valence-corrected chi connectivity index (χ1v) is 7.70. The van der Waals surface area contributed by atoms with E-state index < -0.39 is 0 Å². The van der Waals surface area contributed by atoms with Gasteiger partial charge in [-0.2, -0.15) is 0 Å². The van der Waals surface area contributed by atoms with Gasteiger partial charge in [-0.25, -0.2) is 4.98 Å². The fraction of sp³-hybridized carbons (Fsp3) is 0.0556. The molecule has 2 nitrogen and oxygen atoms in total. The Morgan fingerprint density at radius 2 is 1.71 bits per heavy atom. The summed E-state index contributed by atoms with van der Waals surface area (Å²) in [7, 11) is 0. The number of para-hydroxylation sites is 1. The van der Waals surface area contributed by atoms with Crippen LogP contribution >= 0.6 is 11.3 Å². The van der Waals surface area contributed by atoms with Crippen LogP contribution in [-0.4, -0.2) is 4.98 Å². The maximum Gasteiger partial charge on any atom is 0.134 e. The Hall–Kier alpha value is -2.39. The predicted molar refractivity (Wildman–Crippen MR) is 87.5 cm³/mol. The summed E-state index contributed by atoms with van der Waals surface area (Å²) in [6.45, 7) is 2.00. The first-order valence-electron chi connectivity index (χ1n) is 6.82. The van der Waals surface area contributed by atoms with Gasteiger partial charge in [-0.15, -0.1) is 11.3 Å². The van der Waals surface area contributed by atoms with Crippen molar-refractivity contribution in [3.05, 3.63) is 65.7 Å². The van der Waals surface area contributed by atoms with Gasteiger partial charge in [0.05, 0.1) is 11.3 Å². The van der Waals surface area contributed by atoms with Crippen molar-refractivity contribution in [2.24, 2.45) is 0 Å². The van der Waals surface area contributed by atoms with E-state index in [0.29, 0.717) is 0 Å². The second kappa shape index (κ2) is 4.86. The van der Waals surface area contributed by atoms with E-state index in [0.717, 1.165) is 38.6 Å². The van der Waals surface area contributed by atoms with Crippen LogP contribution in [0, 0.1) is 6.92 Å². The van der Waals surface area contributed by atoms with Gasteiger partial charge in [0.2, 0.25) is 0 Å². The first kappa shape index (κ1) is 12.4. The number of thiazole rings is 1. The van der Waals surface area contributed by atoms with Gasteiger partial charge in [0, 0.05) is 16.3 Å². The summed E-state index contributed by atoms with van der Waals surface area (Å²) >= 11 is 1.67. The Balaban J connectivity index is 1.87. The molecule has 0 aliphatic rings. The lowest BCUT2D eigenvalue weighted by Crippen LogP contribution is -1.80. The number of rotatable bonds is 2. The van der Waals surface area contributed by atoms with Crippen molar-refractivity contribution < 1.29 is 4.42 Å². The third-order valence-electron chi connectivity index (χ3n) is 3.55. The maximum atomic E-state index is 5.83. The van der Waals surface area contributed by atoms with Crippen LogP contribution in [-0.2, 0) is 0 Å². The van der Waals surface area contributed by atoms with Crippen LogP contribution in [0.25, 0.3) is 32.8 Å². The lowest BCUT2D eigenvalue weighted by molar-refractivity contribution is 0.580. The van der Waals surface area contributed by atoms with Gasteiger partial charge in [0.1, 0.15) is 16.4 Å². The van der Waals surface area contributed by atoms with Gasteiger partial charge in [-0.1, -0.05) is 48.5 Å². The van der Waals surface area contributed by atoms with E-state index in [-0.39, 0.29) is 0 Å². The molecule has 0 unspecified atom stereocenters. The molecule has 21 heavy (non-hydrogen) atoms. The van der Waals surface area contributed by atoms with Crippen LogP contribution in [0.1, 0.15) is 5.76 Å². The minimum absolute atomic E-state index is 0.916. The highest BCUT2D eigenvalue weighted by Gasteiger charge is 2.15. The van der Waals surface area contributed by atoms with Gasteiger partial charge < -0.3 is 4.42 Å². The largest absolute Gasteiger partial charge is 0.461 e. The van der Waals surface area contributed by atoms with Crippen molar-refractivity contribution in [1.29, 1.82) is 0 Å². The molecule has 0 fully saturated rings. The molecule has 0 N–H and O–H groups in total. The van der Waals surface area contributed by atoms with Crippen molar-refractivity contribution in [3.63, 3.8) is 0 Å². The highest BCUT2D eigenvalue weighted by Crippen LogP contribution is 2.36. The SMILES string of the molecule is Cc1oc2ccccc2c1-c1csc(-c2ccccc2)n1. The second-order valence-corrected chi connectivity index (χ2v) is 5.79. The molecule has 0 radical (unpaired) electrons. The molecule has 4 rings (SSSR count). The van der Waals surface area contributed by atoms with Gasteiger partial charge in [0.25, 0.3) is 0 Å². The Labute approximate surface area is 126 Å². The molecule has 2 aromatic heterocycles. The molecule has 2 aromatic carbocycles.